The van der Waals surface area contributed by atoms with Crippen LogP contribution in [0.5, 0.6) is 5.75 Å². The number of para-hydroxylation sites is 1. The molecule has 1 aromatic carbocycles. The zero-order valence-corrected chi connectivity index (χ0v) is 9.27. The van der Waals surface area contributed by atoms with Crippen LogP contribution in [0.4, 0.5) is 4.79 Å². The number of ether oxygens (including phenoxy) is 1. The van der Waals surface area contributed by atoms with E-state index in [0.717, 1.165) is 5.56 Å². The summed E-state index contributed by atoms with van der Waals surface area (Å²) in [6.45, 7) is 1.51. The third kappa shape index (κ3) is 1.46. The summed E-state index contributed by atoms with van der Waals surface area (Å²) in [6, 6.07) is 6.85. The van der Waals surface area contributed by atoms with Gasteiger partial charge in [-0.2, -0.15) is 0 Å². The summed E-state index contributed by atoms with van der Waals surface area (Å²) in [4.78, 5) is 23.1. The van der Waals surface area contributed by atoms with Gasteiger partial charge in [-0.3, -0.25) is 4.79 Å². The van der Waals surface area contributed by atoms with E-state index in [4.69, 9.17) is 4.74 Å². The maximum Gasteiger partial charge on any atom is 0.318 e. The van der Waals surface area contributed by atoms with Gasteiger partial charge < -0.3 is 15.4 Å². The molecule has 5 nitrogen and oxygen atoms in total. The van der Waals surface area contributed by atoms with Crippen molar-refractivity contribution in [3.05, 3.63) is 29.8 Å². The van der Waals surface area contributed by atoms with Gasteiger partial charge in [0.05, 0.1) is 12.0 Å². The number of hydrogen-bond acceptors (Lipinski definition) is 3. The summed E-state index contributed by atoms with van der Waals surface area (Å²) >= 11 is 0. The zero-order chi connectivity index (χ0) is 12.0. The highest BCUT2D eigenvalue weighted by Crippen LogP contribution is 2.39. The number of Topliss-reactive ketones (excluding diaryl/α,β-unsaturated/α-hetero) is 1. The van der Waals surface area contributed by atoms with Crippen LogP contribution in [0.3, 0.4) is 0 Å². The Morgan fingerprint density at radius 3 is 2.82 bits per heavy atom. The number of rotatable bonds is 1. The number of ketones is 1. The van der Waals surface area contributed by atoms with Crippen LogP contribution in [0.15, 0.2) is 24.3 Å². The second kappa shape index (κ2) is 3.48. The number of fused-ring (bicyclic) bond motifs is 4. The van der Waals surface area contributed by atoms with Gasteiger partial charge in [0.15, 0.2) is 6.23 Å². The van der Waals surface area contributed by atoms with Crippen LogP contribution in [0.2, 0.25) is 0 Å². The van der Waals surface area contributed by atoms with Crippen molar-refractivity contribution in [2.45, 2.75) is 19.2 Å². The Morgan fingerprint density at radius 2 is 2.06 bits per heavy atom. The quantitative estimate of drug-likeness (QED) is 0.758. The van der Waals surface area contributed by atoms with Crippen molar-refractivity contribution in [1.29, 1.82) is 0 Å². The molecule has 0 spiro atoms. The van der Waals surface area contributed by atoms with Crippen molar-refractivity contribution >= 4 is 11.8 Å². The molecular formula is C12H12N2O3. The lowest BCUT2D eigenvalue weighted by Crippen LogP contribution is -2.62. The Labute approximate surface area is 98.1 Å². The van der Waals surface area contributed by atoms with Gasteiger partial charge in [0, 0.05) is 5.56 Å². The van der Waals surface area contributed by atoms with Crippen molar-refractivity contribution in [3.63, 3.8) is 0 Å². The molecule has 17 heavy (non-hydrogen) atoms. The summed E-state index contributed by atoms with van der Waals surface area (Å²) in [5.74, 6) is 0.345. The lowest BCUT2D eigenvalue weighted by molar-refractivity contribution is -0.127. The van der Waals surface area contributed by atoms with Gasteiger partial charge in [0.1, 0.15) is 11.5 Å². The van der Waals surface area contributed by atoms with Crippen molar-refractivity contribution in [3.8, 4) is 5.75 Å². The van der Waals surface area contributed by atoms with Crippen LogP contribution in [-0.4, -0.2) is 18.0 Å². The predicted octanol–water partition coefficient (Wildman–Crippen LogP) is 0.964. The number of nitrogens with one attached hydrogen (secondary N) is 2. The van der Waals surface area contributed by atoms with E-state index in [1.165, 1.54) is 6.92 Å². The van der Waals surface area contributed by atoms with Crippen LogP contribution in [0.1, 0.15) is 18.5 Å². The summed E-state index contributed by atoms with van der Waals surface area (Å²) in [7, 11) is 0. The minimum Gasteiger partial charge on any atom is -0.469 e. The fraction of sp³-hybridized carbons (Fsp3) is 0.333. The monoisotopic (exact) mass is 232 g/mol. The first-order chi connectivity index (χ1) is 8.16. The van der Waals surface area contributed by atoms with E-state index in [1.54, 1.807) is 0 Å². The highest BCUT2D eigenvalue weighted by molar-refractivity contribution is 5.85. The highest BCUT2D eigenvalue weighted by atomic mass is 16.5. The van der Waals surface area contributed by atoms with Gasteiger partial charge in [0.2, 0.25) is 0 Å². The standard InChI is InChI=1S/C12H12N2O3/c1-6(15)9-10-7-4-2-3-5-8(7)17-11(9)14-12(16)13-10/h2-5,9-11H,1H3,(H2,13,14,16)/t9-,10-,11-/m0/s1. The van der Waals surface area contributed by atoms with Gasteiger partial charge in [0.25, 0.3) is 0 Å². The number of hydrogen-bond donors (Lipinski definition) is 2. The molecule has 2 heterocycles. The summed E-state index contributed by atoms with van der Waals surface area (Å²) in [5.41, 5.74) is 0.860. The van der Waals surface area contributed by atoms with Crippen molar-refractivity contribution in [2.75, 3.05) is 0 Å². The molecule has 0 saturated carbocycles. The van der Waals surface area contributed by atoms with Gasteiger partial charge in [-0.15, -0.1) is 0 Å². The first-order valence-electron chi connectivity index (χ1n) is 5.50. The second-order valence-electron chi connectivity index (χ2n) is 4.31. The first kappa shape index (κ1) is 10.1. The number of carbonyl (C=O) groups is 2. The fourth-order valence-electron chi connectivity index (χ4n) is 2.47. The Kier molecular flexibility index (Phi) is 2.07. The van der Waals surface area contributed by atoms with Crippen molar-refractivity contribution < 1.29 is 14.3 Å². The van der Waals surface area contributed by atoms with E-state index < -0.39 is 6.23 Å². The topological polar surface area (TPSA) is 67.4 Å². The molecule has 2 amide bonds. The van der Waals surface area contributed by atoms with E-state index in [-0.39, 0.29) is 23.8 Å². The zero-order valence-electron chi connectivity index (χ0n) is 9.27. The lowest BCUT2D eigenvalue weighted by Gasteiger charge is -2.42. The van der Waals surface area contributed by atoms with E-state index in [9.17, 15) is 9.59 Å². The summed E-state index contributed by atoms with van der Waals surface area (Å²) in [5, 5.41) is 5.41. The van der Waals surface area contributed by atoms with Crippen LogP contribution < -0.4 is 15.4 Å². The molecule has 0 aromatic heterocycles. The molecule has 0 aliphatic carbocycles. The molecule has 0 radical (unpaired) electrons. The molecule has 1 saturated heterocycles. The van der Waals surface area contributed by atoms with Crippen molar-refractivity contribution in [2.24, 2.45) is 5.92 Å². The van der Waals surface area contributed by atoms with E-state index in [2.05, 4.69) is 10.6 Å². The minimum absolute atomic E-state index is 0.00185. The normalized spacial score (nSPS) is 29.5. The third-order valence-electron chi connectivity index (χ3n) is 3.22. The van der Waals surface area contributed by atoms with Crippen molar-refractivity contribution in [1.82, 2.24) is 10.6 Å². The molecule has 88 valence electrons. The van der Waals surface area contributed by atoms with Gasteiger partial charge in [-0.1, -0.05) is 18.2 Å². The number of benzene rings is 1. The minimum atomic E-state index is -0.568. The van der Waals surface area contributed by atoms with Crippen LogP contribution in [0.25, 0.3) is 0 Å². The van der Waals surface area contributed by atoms with Gasteiger partial charge in [-0.05, 0) is 13.0 Å². The number of urea groups is 1. The molecule has 3 rings (SSSR count). The average molecular weight is 232 g/mol. The average Bonchev–Trinajstić information content (AvgIpc) is 2.27. The maximum absolute atomic E-state index is 11.7. The summed E-state index contributed by atoms with van der Waals surface area (Å²) < 4.78 is 5.65. The number of amides is 2. The largest absolute Gasteiger partial charge is 0.469 e. The van der Waals surface area contributed by atoms with E-state index in [0.29, 0.717) is 5.75 Å². The van der Waals surface area contributed by atoms with Gasteiger partial charge in [-0.25, -0.2) is 4.79 Å². The first-order valence-corrected chi connectivity index (χ1v) is 5.50. The Bertz CT molecular complexity index is 500. The number of carbonyl (C=O) groups excluding carboxylic acids is 2. The fourth-order valence-corrected chi connectivity index (χ4v) is 2.47. The maximum atomic E-state index is 11.7. The van der Waals surface area contributed by atoms with Crippen LogP contribution in [0, 0.1) is 5.92 Å². The van der Waals surface area contributed by atoms with E-state index in [1.807, 2.05) is 24.3 Å². The van der Waals surface area contributed by atoms with Crippen LogP contribution >= 0.6 is 0 Å². The molecule has 2 aliphatic heterocycles. The molecular weight excluding hydrogens is 220 g/mol. The molecule has 2 bridgehead atoms. The molecule has 2 aliphatic rings. The van der Waals surface area contributed by atoms with Gasteiger partial charge >= 0.3 is 6.03 Å². The Balaban J connectivity index is 2.10. The molecule has 1 fully saturated rings. The lowest BCUT2D eigenvalue weighted by atomic mass is 9.84. The third-order valence-corrected chi connectivity index (χ3v) is 3.22. The molecule has 2 N–H and O–H groups in total. The molecule has 5 heteroatoms. The Morgan fingerprint density at radius 1 is 1.29 bits per heavy atom. The van der Waals surface area contributed by atoms with Crippen LogP contribution in [-0.2, 0) is 4.79 Å². The highest BCUT2D eigenvalue weighted by Gasteiger charge is 2.46. The SMILES string of the molecule is CC(=O)[C@@H]1[C@H]2NC(=O)N[C@H]1c1ccccc1O2. The predicted molar refractivity (Wildman–Crippen MR) is 59.4 cm³/mol. The molecule has 3 atom stereocenters. The van der Waals surface area contributed by atoms with E-state index >= 15 is 0 Å². The second-order valence-corrected chi connectivity index (χ2v) is 4.31. The molecule has 0 unspecified atom stereocenters. The Hall–Kier alpha value is -2.04. The molecule has 1 aromatic rings. The smallest absolute Gasteiger partial charge is 0.318 e. The summed E-state index contributed by atoms with van der Waals surface area (Å²) in [6.07, 6.45) is -0.568.